The van der Waals surface area contributed by atoms with Crippen LogP contribution in [0.4, 0.5) is 0 Å². The van der Waals surface area contributed by atoms with Crippen molar-refractivity contribution in [2.75, 3.05) is 6.61 Å². The lowest BCUT2D eigenvalue weighted by Crippen LogP contribution is -2.43. The van der Waals surface area contributed by atoms with Crippen LogP contribution in [0.25, 0.3) is 0 Å². The Morgan fingerprint density at radius 2 is 1.85 bits per heavy atom. The average Bonchev–Trinajstić information content (AvgIpc) is 3.31. The van der Waals surface area contributed by atoms with Crippen LogP contribution in [0.15, 0.2) is 59.1 Å². The van der Waals surface area contributed by atoms with Crippen LogP contribution >= 0.6 is 0 Å². The molecular formula is C21H23N3O2. The molecule has 0 saturated heterocycles. The fraction of sp³-hybridized carbons (Fsp3) is 0.333. The van der Waals surface area contributed by atoms with E-state index in [4.69, 9.17) is 4.52 Å². The number of benzene rings is 2. The fourth-order valence-electron chi connectivity index (χ4n) is 3.70. The van der Waals surface area contributed by atoms with Gasteiger partial charge in [-0.15, -0.1) is 0 Å². The number of rotatable bonds is 7. The third-order valence-electron chi connectivity index (χ3n) is 5.19. The van der Waals surface area contributed by atoms with Crippen molar-refractivity contribution in [1.29, 1.82) is 0 Å². The maximum Gasteiger partial charge on any atom is 0.240 e. The first-order valence-corrected chi connectivity index (χ1v) is 9.09. The van der Waals surface area contributed by atoms with Gasteiger partial charge in [-0.05, 0) is 36.0 Å². The highest BCUT2D eigenvalue weighted by Crippen LogP contribution is 2.36. The smallest absolute Gasteiger partial charge is 0.240 e. The first-order chi connectivity index (χ1) is 12.8. The molecule has 1 unspecified atom stereocenters. The summed E-state index contributed by atoms with van der Waals surface area (Å²) < 4.78 is 5.39. The molecule has 1 aliphatic carbocycles. The minimum atomic E-state index is -0.421. The molecule has 26 heavy (non-hydrogen) atoms. The first-order valence-electron chi connectivity index (χ1n) is 9.09. The third kappa shape index (κ3) is 3.41. The molecule has 0 spiro atoms. The van der Waals surface area contributed by atoms with Gasteiger partial charge >= 0.3 is 0 Å². The van der Waals surface area contributed by atoms with Gasteiger partial charge in [-0.3, -0.25) is 5.32 Å². The SMILES string of the molecule is OCC1(NCc2nc(CCc3ccccc3)no2)CCc2ccccc21. The summed E-state index contributed by atoms with van der Waals surface area (Å²) in [6, 6.07) is 18.6. The van der Waals surface area contributed by atoms with Crippen LogP contribution < -0.4 is 5.32 Å². The molecule has 4 rings (SSSR count). The van der Waals surface area contributed by atoms with Crippen molar-refractivity contribution in [3.05, 3.63) is 83.0 Å². The Morgan fingerprint density at radius 1 is 1.04 bits per heavy atom. The van der Waals surface area contributed by atoms with Crippen LogP contribution in [0.3, 0.4) is 0 Å². The van der Waals surface area contributed by atoms with E-state index in [-0.39, 0.29) is 6.61 Å². The summed E-state index contributed by atoms with van der Waals surface area (Å²) in [5.74, 6) is 1.28. The summed E-state index contributed by atoms with van der Waals surface area (Å²) in [5, 5.41) is 17.6. The number of aliphatic hydroxyl groups excluding tert-OH is 1. The largest absolute Gasteiger partial charge is 0.394 e. The van der Waals surface area contributed by atoms with E-state index in [1.807, 2.05) is 30.3 Å². The van der Waals surface area contributed by atoms with Crippen LogP contribution in [0, 0.1) is 0 Å². The lowest BCUT2D eigenvalue weighted by Gasteiger charge is -2.29. The Hall–Kier alpha value is -2.50. The van der Waals surface area contributed by atoms with Gasteiger partial charge in [0.05, 0.1) is 18.7 Å². The minimum Gasteiger partial charge on any atom is -0.394 e. The summed E-state index contributed by atoms with van der Waals surface area (Å²) in [6.07, 6.45) is 3.48. The fourth-order valence-corrected chi connectivity index (χ4v) is 3.70. The van der Waals surface area contributed by atoms with Crippen molar-refractivity contribution in [3.8, 4) is 0 Å². The van der Waals surface area contributed by atoms with Crippen molar-refractivity contribution >= 4 is 0 Å². The predicted molar refractivity (Wildman–Crippen MR) is 98.5 cm³/mol. The number of nitrogens with one attached hydrogen (secondary N) is 1. The number of hydrogen-bond donors (Lipinski definition) is 2. The quantitative estimate of drug-likeness (QED) is 0.686. The van der Waals surface area contributed by atoms with Gasteiger partial charge in [-0.1, -0.05) is 59.8 Å². The number of hydrogen-bond acceptors (Lipinski definition) is 5. The van der Waals surface area contributed by atoms with Crippen molar-refractivity contribution < 1.29 is 9.63 Å². The summed E-state index contributed by atoms with van der Waals surface area (Å²) in [4.78, 5) is 4.49. The van der Waals surface area contributed by atoms with E-state index >= 15 is 0 Å². The van der Waals surface area contributed by atoms with E-state index in [1.54, 1.807) is 0 Å². The molecule has 0 aliphatic heterocycles. The Balaban J connectivity index is 1.39. The molecule has 134 valence electrons. The number of aryl methyl sites for hydroxylation is 3. The van der Waals surface area contributed by atoms with Gasteiger partial charge in [0.15, 0.2) is 5.82 Å². The van der Waals surface area contributed by atoms with E-state index in [1.165, 1.54) is 16.7 Å². The predicted octanol–water partition coefficient (Wildman–Crippen LogP) is 2.78. The van der Waals surface area contributed by atoms with Gasteiger partial charge < -0.3 is 9.63 Å². The van der Waals surface area contributed by atoms with Crippen molar-refractivity contribution in [2.45, 2.75) is 37.8 Å². The Morgan fingerprint density at radius 3 is 2.69 bits per heavy atom. The van der Waals surface area contributed by atoms with Gasteiger partial charge in [-0.25, -0.2) is 0 Å². The average molecular weight is 349 g/mol. The van der Waals surface area contributed by atoms with Crippen LogP contribution in [-0.2, 0) is 31.3 Å². The Kier molecular flexibility index (Phi) is 4.82. The van der Waals surface area contributed by atoms with Crippen LogP contribution in [-0.4, -0.2) is 21.9 Å². The Bertz CT molecular complexity index is 862. The lowest BCUT2D eigenvalue weighted by atomic mass is 9.92. The van der Waals surface area contributed by atoms with E-state index in [0.717, 1.165) is 31.5 Å². The molecule has 5 nitrogen and oxygen atoms in total. The molecule has 0 radical (unpaired) electrons. The highest BCUT2D eigenvalue weighted by Gasteiger charge is 2.37. The zero-order valence-corrected chi connectivity index (χ0v) is 14.7. The summed E-state index contributed by atoms with van der Waals surface area (Å²) >= 11 is 0. The van der Waals surface area contributed by atoms with E-state index in [2.05, 4.69) is 39.7 Å². The van der Waals surface area contributed by atoms with E-state index in [9.17, 15) is 5.11 Å². The van der Waals surface area contributed by atoms with Crippen molar-refractivity contribution in [2.24, 2.45) is 0 Å². The van der Waals surface area contributed by atoms with Gasteiger partial charge in [0, 0.05) is 6.42 Å². The van der Waals surface area contributed by atoms with Crippen LogP contribution in [0.5, 0.6) is 0 Å². The zero-order valence-electron chi connectivity index (χ0n) is 14.7. The van der Waals surface area contributed by atoms with E-state index in [0.29, 0.717) is 12.4 Å². The highest BCUT2D eigenvalue weighted by atomic mass is 16.5. The molecule has 1 aliphatic rings. The molecule has 0 bridgehead atoms. The summed E-state index contributed by atoms with van der Waals surface area (Å²) in [7, 11) is 0. The maximum atomic E-state index is 10.0. The third-order valence-corrected chi connectivity index (χ3v) is 5.19. The molecule has 1 aromatic heterocycles. The van der Waals surface area contributed by atoms with E-state index < -0.39 is 5.54 Å². The van der Waals surface area contributed by atoms with Gasteiger partial charge in [-0.2, -0.15) is 4.98 Å². The molecule has 2 aromatic carbocycles. The normalized spacial score (nSPS) is 18.8. The minimum absolute atomic E-state index is 0.0546. The number of nitrogens with zero attached hydrogens (tertiary/aromatic N) is 2. The van der Waals surface area contributed by atoms with Crippen molar-refractivity contribution in [3.63, 3.8) is 0 Å². The number of aliphatic hydroxyl groups is 1. The molecule has 0 saturated carbocycles. The number of aromatic nitrogens is 2. The van der Waals surface area contributed by atoms with Gasteiger partial charge in [0.2, 0.25) is 5.89 Å². The zero-order chi connectivity index (χ0) is 17.8. The topological polar surface area (TPSA) is 71.2 Å². The van der Waals surface area contributed by atoms with Crippen LogP contribution in [0.1, 0.15) is 34.8 Å². The second-order valence-corrected chi connectivity index (χ2v) is 6.84. The monoisotopic (exact) mass is 349 g/mol. The maximum absolute atomic E-state index is 10.0. The highest BCUT2D eigenvalue weighted by molar-refractivity contribution is 5.38. The number of fused-ring (bicyclic) bond motifs is 1. The van der Waals surface area contributed by atoms with Crippen LogP contribution in [0.2, 0.25) is 0 Å². The molecular weight excluding hydrogens is 326 g/mol. The second-order valence-electron chi connectivity index (χ2n) is 6.84. The molecule has 0 fully saturated rings. The van der Waals surface area contributed by atoms with Gasteiger partial charge in [0.1, 0.15) is 0 Å². The summed E-state index contributed by atoms with van der Waals surface area (Å²) in [5.41, 5.74) is 3.31. The standard InChI is InChI=1S/C21H23N3O2/c25-15-21(13-12-17-8-4-5-9-18(17)21)22-14-20-23-19(24-26-20)11-10-16-6-2-1-3-7-16/h1-9,22,25H,10-15H2. The molecule has 2 N–H and O–H groups in total. The summed E-state index contributed by atoms with van der Waals surface area (Å²) in [6.45, 7) is 0.506. The Labute approximate surface area is 153 Å². The lowest BCUT2D eigenvalue weighted by molar-refractivity contribution is 0.154. The van der Waals surface area contributed by atoms with Gasteiger partial charge in [0.25, 0.3) is 0 Å². The second kappa shape index (κ2) is 7.40. The first kappa shape index (κ1) is 16.9. The molecule has 3 aromatic rings. The molecule has 1 heterocycles. The molecule has 0 amide bonds. The molecule has 5 heteroatoms. The molecule has 1 atom stereocenters. The van der Waals surface area contributed by atoms with Crippen molar-refractivity contribution in [1.82, 2.24) is 15.5 Å².